The van der Waals surface area contributed by atoms with Gasteiger partial charge in [0, 0.05) is 23.1 Å². The standard InChI is InChI=1S/C13H19BrN2.ClH/c1-13(9-15,11-5-6-11)16-8-10-3-2-4-12(14)7-10;/h2-4,7,11,16H,5-6,8-9,15H2,1H3;1H. The Bertz CT molecular complexity index is 368. The number of rotatable bonds is 5. The zero-order valence-corrected chi connectivity index (χ0v) is 12.5. The van der Waals surface area contributed by atoms with E-state index in [4.69, 9.17) is 5.73 Å². The largest absolute Gasteiger partial charge is 0.329 e. The average molecular weight is 320 g/mol. The van der Waals surface area contributed by atoms with Crippen LogP contribution in [0.2, 0.25) is 0 Å². The Morgan fingerprint density at radius 1 is 1.47 bits per heavy atom. The zero-order valence-electron chi connectivity index (χ0n) is 10.1. The molecule has 2 rings (SSSR count). The Labute approximate surface area is 118 Å². The molecule has 0 heterocycles. The van der Waals surface area contributed by atoms with E-state index in [2.05, 4.69) is 46.4 Å². The summed E-state index contributed by atoms with van der Waals surface area (Å²) >= 11 is 3.49. The quantitative estimate of drug-likeness (QED) is 0.875. The lowest BCUT2D eigenvalue weighted by molar-refractivity contribution is 0.317. The van der Waals surface area contributed by atoms with E-state index in [0.29, 0.717) is 6.54 Å². The molecule has 1 aromatic carbocycles. The van der Waals surface area contributed by atoms with Crippen molar-refractivity contribution in [3.63, 3.8) is 0 Å². The molecule has 1 aliphatic carbocycles. The molecule has 0 spiro atoms. The first kappa shape index (κ1) is 15.0. The molecule has 1 atom stereocenters. The smallest absolute Gasteiger partial charge is 0.0306 e. The minimum atomic E-state index is 0. The lowest BCUT2D eigenvalue weighted by Gasteiger charge is -2.29. The highest BCUT2D eigenvalue weighted by Gasteiger charge is 2.39. The Morgan fingerprint density at radius 2 is 2.18 bits per heavy atom. The van der Waals surface area contributed by atoms with Crippen LogP contribution < -0.4 is 11.1 Å². The van der Waals surface area contributed by atoms with Crippen LogP contribution in [0.4, 0.5) is 0 Å². The Balaban J connectivity index is 0.00000144. The second-order valence-electron chi connectivity index (χ2n) is 4.88. The lowest BCUT2D eigenvalue weighted by atomic mass is 9.95. The third-order valence-electron chi connectivity index (χ3n) is 3.49. The maximum Gasteiger partial charge on any atom is 0.0306 e. The van der Waals surface area contributed by atoms with Crippen molar-refractivity contribution in [2.24, 2.45) is 11.7 Å². The Hall–Kier alpha value is -0.0900. The first-order valence-electron chi connectivity index (χ1n) is 5.83. The number of hydrogen-bond donors (Lipinski definition) is 2. The molecule has 1 unspecified atom stereocenters. The van der Waals surface area contributed by atoms with Crippen molar-refractivity contribution in [1.82, 2.24) is 5.32 Å². The fourth-order valence-corrected chi connectivity index (χ4v) is 2.50. The molecule has 0 radical (unpaired) electrons. The lowest BCUT2D eigenvalue weighted by Crippen LogP contribution is -2.50. The number of hydrogen-bond acceptors (Lipinski definition) is 2. The van der Waals surface area contributed by atoms with Crippen molar-refractivity contribution < 1.29 is 0 Å². The van der Waals surface area contributed by atoms with Crippen LogP contribution >= 0.6 is 28.3 Å². The third-order valence-corrected chi connectivity index (χ3v) is 3.98. The van der Waals surface area contributed by atoms with Crippen molar-refractivity contribution in [2.45, 2.75) is 31.8 Å². The van der Waals surface area contributed by atoms with E-state index < -0.39 is 0 Å². The zero-order chi connectivity index (χ0) is 11.6. The van der Waals surface area contributed by atoms with E-state index in [1.807, 2.05) is 6.07 Å². The van der Waals surface area contributed by atoms with Gasteiger partial charge in [0.2, 0.25) is 0 Å². The molecule has 0 aromatic heterocycles. The molecule has 0 amide bonds. The molecule has 1 aliphatic rings. The predicted octanol–water partition coefficient (Wildman–Crippen LogP) is 3.09. The number of nitrogens with one attached hydrogen (secondary N) is 1. The van der Waals surface area contributed by atoms with Gasteiger partial charge in [-0.2, -0.15) is 0 Å². The van der Waals surface area contributed by atoms with E-state index >= 15 is 0 Å². The highest BCUT2D eigenvalue weighted by Crippen LogP contribution is 2.39. The van der Waals surface area contributed by atoms with Crippen LogP contribution in [0.15, 0.2) is 28.7 Å². The van der Waals surface area contributed by atoms with Gasteiger partial charge < -0.3 is 11.1 Å². The molecule has 1 aromatic rings. The average Bonchev–Trinajstić information content (AvgIpc) is 3.10. The molecule has 1 saturated carbocycles. The van der Waals surface area contributed by atoms with E-state index in [1.165, 1.54) is 18.4 Å². The molecule has 1 fully saturated rings. The van der Waals surface area contributed by atoms with Gasteiger partial charge in [0.1, 0.15) is 0 Å². The summed E-state index contributed by atoms with van der Waals surface area (Å²) in [6, 6.07) is 8.41. The van der Waals surface area contributed by atoms with Crippen LogP contribution in [0.3, 0.4) is 0 Å². The SMILES string of the molecule is CC(CN)(NCc1cccc(Br)c1)C1CC1.Cl. The number of benzene rings is 1. The van der Waals surface area contributed by atoms with Crippen LogP contribution in [0.25, 0.3) is 0 Å². The van der Waals surface area contributed by atoms with Crippen LogP contribution in [0.1, 0.15) is 25.3 Å². The maximum absolute atomic E-state index is 5.87. The molecule has 2 nitrogen and oxygen atoms in total. The van der Waals surface area contributed by atoms with Gasteiger partial charge in [-0.1, -0.05) is 28.1 Å². The first-order chi connectivity index (χ1) is 7.64. The summed E-state index contributed by atoms with van der Waals surface area (Å²) in [6.45, 7) is 3.85. The van der Waals surface area contributed by atoms with Crippen molar-refractivity contribution in [3.8, 4) is 0 Å². The summed E-state index contributed by atoms with van der Waals surface area (Å²) < 4.78 is 1.13. The van der Waals surface area contributed by atoms with Crippen LogP contribution in [0, 0.1) is 5.92 Å². The van der Waals surface area contributed by atoms with Crippen molar-refractivity contribution in [1.29, 1.82) is 0 Å². The topological polar surface area (TPSA) is 38.0 Å². The van der Waals surface area contributed by atoms with Gasteiger partial charge in [0.05, 0.1) is 0 Å². The minimum absolute atomic E-state index is 0. The Kier molecular flexibility index (Phi) is 5.45. The van der Waals surface area contributed by atoms with Gasteiger partial charge in [-0.25, -0.2) is 0 Å². The Morgan fingerprint density at radius 3 is 2.71 bits per heavy atom. The van der Waals surface area contributed by atoms with Crippen LogP contribution in [-0.2, 0) is 6.54 Å². The molecule has 96 valence electrons. The normalized spacial score (nSPS) is 18.3. The summed E-state index contributed by atoms with van der Waals surface area (Å²) in [6.07, 6.45) is 2.64. The van der Waals surface area contributed by atoms with Crippen LogP contribution in [0.5, 0.6) is 0 Å². The van der Waals surface area contributed by atoms with Gasteiger partial charge in [-0.05, 0) is 43.4 Å². The molecular formula is C13H20BrClN2. The van der Waals surface area contributed by atoms with Crippen molar-refractivity contribution >= 4 is 28.3 Å². The van der Waals surface area contributed by atoms with E-state index in [1.54, 1.807) is 0 Å². The minimum Gasteiger partial charge on any atom is -0.329 e. The molecule has 17 heavy (non-hydrogen) atoms. The summed E-state index contributed by atoms with van der Waals surface area (Å²) in [5.74, 6) is 0.768. The fourth-order valence-electron chi connectivity index (χ4n) is 2.05. The highest BCUT2D eigenvalue weighted by molar-refractivity contribution is 9.10. The molecule has 0 saturated heterocycles. The van der Waals surface area contributed by atoms with Gasteiger partial charge in [-0.3, -0.25) is 0 Å². The molecule has 0 aliphatic heterocycles. The summed E-state index contributed by atoms with van der Waals surface area (Å²) in [5, 5.41) is 3.61. The summed E-state index contributed by atoms with van der Waals surface area (Å²) in [7, 11) is 0. The fraction of sp³-hybridized carbons (Fsp3) is 0.538. The highest BCUT2D eigenvalue weighted by atomic mass is 79.9. The van der Waals surface area contributed by atoms with Gasteiger partial charge >= 0.3 is 0 Å². The second kappa shape index (κ2) is 6.19. The number of halogens is 2. The van der Waals surface area contributed by atoms with E-state index in [9.17, 15) is 0 Å². The molecule has 3 N–H and O–H groups in total. The molecule has 4 heteroatoms. The monoisotopic (exact) mass is 318 g/mol. The summed E-state index contributed by atoms with van der Waals surface area (Å²) in [5.41, 5.74) is 7.28. The third kappa shape index (κ3) is 3.95. The number of nitrogens with two attached hydrogens (primary N) is 1. The van der Waals surface area contributed by atoms with E-state index in [-0.39, 0.29) is 17.9 Å². The van der Waals surface area contributed by atoms with Gasteiger partial charge in [0.25, 0.3) is 0 Å². The molecule has 0 bridgehead atoms. The van der Waals surface area contributed by atoms with Gasteiger partial charge in [0.15, 0.2) is 0 Å². The molecular weight excluding hydrogens is 300 g/mol. The van der Waals surface area contributed by atoms with Gasteiger partial charge in [-0.15, -0.1) is 12.4 Å². The first-order valence-corrected chi connectivity index (χ1v) is 6.63. The summed E-state index contributed by atoms with van der Waals surface area (Å²) in [4.78, 5) is 0. The van der Waals surface area contributed by atoms with E-state index in [0.717, 1.165) is 16.9 Å². The van der Waals surface area contributed by atoms with Crippen molar-refractivity contribution in [3.05, 3.63) is 34.3 Å². The predicted molar refractivity (Wildman–Crippen MR) is 78.4 cm³/mol. The maximum atomic E-state index is 5.87. The second-order valence-corrected chi connectivity index (χ2v) is 5.80. The van der Waals surface area contributed by atoms with Crippen LogP contribution in [-0.4, -0.2) is 12.1 Å². The van der Waals surface area contributed by atoms with Crippen molar-refractivity contribution in [2.75, 3.05) is 6.54 Å².